The van der Waals surface area contributed by atoms with Gasteiger partial charge < -0.3 is 23.8 Å². The minimum atomic E-state index is -3.49. The lowest BCUT2D eigenvalue weighted by Gasteiger charge is -2.30. The number of sulfonamides is 1. The van der Waals surface area contributed by atoms with Gasteiger partial charge in [-0.05, 0) is 36.1 Å². The van der Waals surface area contributed by atoms with Gasteiger partial charge in [-0.15, -0.1) is 0 Å². The summed E-state index contributed by atoms with van der Waals surface area (Å²) in [6.07, 6.45) is 0.229. The summed E-state index contributed by atoms with van der Waals surface area (Å²) >= 11 is 0. The predicted molar refractivity (Wildman–Crippen MR) is 134 cm³/mol. The van der Waals surface area contributed by atoms with E-state index in [2.05, 4.69) is 0 Å². The Kier molecular flexibility index (Phi) is 8.84. The molecule has 4 rings (SSSR count). The minimum Gasteiger partial charge on any atom is -0.486 e. The normalized spacial score (nSPS) is 21.0. The van der Waals surface area contributed by atoms with E-state index >= 15 is 0 Å². The Balaban J connectivity index is 1.35. The zero-order valence-corrected chi connectivity index (χ0v) is 21.6. The maximum Gasteiger partial charge on any atom is 0.410 e. The van der Waals surface area contributed by atoms with Crippen LogP contribution in [0.3, 0.4) is 0 Å². The molecule has 0 N–H and O–H groups in total. The maximum atomic E-state index is 13.0. The summed E-state index contributed by atoms with van der Waals surface area (Å²) in [5.74, 6) is 0.414. The summed E-state index contributed by atoms with van der Waals surface area (Å²) in [4.78, 5) is 14.2. The molecule has 0 unspecified atom stereocenters. The highest BCUT2D eigenvalue weighted by molar-refractivity contribution is 7.88. The highest BCUT2D eigenvalue weighted by Crippen LogP contribution is 2.24. The Morgan fingerprint density at radius 2 is 1.72 bits per heavy atom. The molecular weight excluding hydrogens is 484 g/mol. The molecule has 9 nitrogen and oxygen atoms in total. The van der Waals surface area contributed by atoms with Gasteiger partial charge in [0.2, 0.25) is 10.0 Å². The maximum absolute atomic E-state index is 13.0. The van der Waals surface area contributed by atoms with Crippen molar-refractivity contribution in [2.75, 3.05) is 40.5 Å². The fourth-order valence-corrected chi connectivity index (χ4v) is 5.98. The molecule has 196 valence electrons. The van der Waals surface area contributed by atoms with Crippen molar-refractivity contribution >= 4 is 16.1 Å². The quantitative estimate of drug-likeness (QED) is 0.504. The van der Waals surface area contributed by atoms with Crippen LogP contribution in [0.2, 0.25) is 0 Å². The molecule has 0 aliphatic carbocycles. The smallest absolute Gasteiger partial charge is 0.410 e. The summed E-state index contributed by atoms with van der Waals surface area (Å²) in [5, 5.41) is 0. The third-order valence-electron chi connectivity index (χ3n) is 6.66. The second kappa shape index (κ2) is 12.1. The van der Waals surface area contributed by atoms with Crippen molar-refractivity contribution in [2.45, 2.75) is 43.5 Å². The van der Waals surface area contributed by atoms with Crippen LogP contribution in [-0.2, 0) is 36.6 Å². The van der Waals surface area contributed by atoms with E-state index in [9.17, 15) is 13.2 Å². The zero-order valence-electron chi connectivity index (χ0n) is 20.7. The number of benzene rings is 2. The van der Waals surface area contributed by atoms with E-state index < -0.39 is 22.2 Å². The minimum absolute atomic E-state index is 0.0447. The van der Waals surface area contributed by atoms with Crippen LogP contribution in [0.1, 0.15) is 24.0 Å². The molecule has 2 aromatic carbocycles. The van der Waals surface area contributed by atoms with Crippen molar-refractivity contribution in [2.24, 2.45) is 0 Å². The van der Waals surface area contributed by atoms with E-state index in [4.69, 9.17) is 18.9 Å². The van der Waals surface area contributed by atoms with Crippen LogP contribution in [0.4, 0.5) is 4.79 Å². The van der Waals surface area contributed by atoms with Crippen LogP contribution in [0, 0.1) is 0 Å². The monoisotopic (exact) mass is 518 g/mol. The molecule has 2 aliphatic rings. The molecule has 2 fully saturated rings. The van der Waals surface area contributed by atoms with E-state index in [1.165, 1.54) is 4.31 Å². The third-order valence-corrected chi connectivity index (χ3v) is 8.53. The molecular formula is C26H34N2O7S. The van der Waals surface area contributed by atoms with Crippen LogP contribution in [0.5, 0.6) is 5.75 Å². The lowest BCUT2D eigenvalue weighted by molar-refractivity contribution is 0.0338. The molecule has 10 heteroatoms. The molecule has 0 aromatic heterocycles. The van der Waals surface area contributed by atoms with Gasteiger partial charge >= 0.3 is 6.09 Å². The van der Waals surface area contributed by atoms with Gasteiger partial charge in [-0.3, -0.25) is 0 Å². The van der Waals surface area contributed by atoms with Gasteiger partial charge in [0.05, 0.1) is 18.8 Å². The number of hydrogen-bond acceptors (Lipinski definition) is 7. The lowest BCUT2D eigenvalue weighted by Crippen LogP contribution is -2.41. The van der Waals surface area contributed by atoms with Crippen molar-refractivity contribution in [3.63, 3.8) is 0 Å². The Morgan fingerprint density at radius 1 is 1.03 bits per heavy atom. The van der Waals surface area contributed by atoms with Gasteiger partial charge in [-0.25, -0.2) is 17.5 Å². The van der Waals surface area contributed by atoms with E-state index in [1.54, 1.807) is 43.3 Å². The molecule has 0 saturated carbocycles. The van der Waals surface area contributed by atoms with Crippen molar-refractivity contribution in [3.8, 4) is 5.75 Å². The summed E-state index contributed by atoms with van der Waals surface area (Å²) in [6, 6.07) is 16.5. The topological polar surface area (TPSA) is 94.6 Å². The molecule has 2 aliphatic heterocycles. The second-order valence-corrected chi connectivity index (χ2v) is 11.2. The predicted octanol–water partition coefficient (Wildman–Crippen LogP) is 3.04. The summed E-state index contributed by atoms with van der Waals surface area (Å²) in [6.45, 7) is 2.00. The van der Waals surface area contributed by atoms with Crippen molar-refractivity contribution < 1.29 is 32.2 Å². The lowest BCUT2D eigenvalue weighted by atomic mass is 10.1. The Morgan fingerprint density at radius 3 is 2.44 bits per heavy atom. The van der Waals surface area contributed by atoms with Gasteiger partial charge in [0.25, 0.3) is 0 Å². The average molecular weight is 519 g/mol. The molecule has 36 heavy (non-hydrogen) atoms. The van der Waals surface area contributed by atoms with E-state index in [-0.39, 0.29) is 24.5 Å². The van der Waals surface area contributed by atoms with E-state index in [0.717, 1.165) is 5.56 Å². The first kappa shape index (κ1) is 26.4. The zero-order chi connectivity index (χ0) is 25.5. The number of rotatable bonds is 9. The average Bonchev–Trinajstić information content (AvgIpc) is 3.30. The fraction of sp³-hybridized carbons (Fsp3) is 0.500. The number of likely N-dealkylation sites (tertiary alicyclic amines) is 1. The van der Waals surface area contributed by atoms with Crippen LogP contribution in [0.15, 0.2) is 54.6 Å². The van der Waals surface area contributed by atoms with Gasteiger partial charge in [0.15, 0.2) is 0 Å². The van der Waals surface area contributed by atoms with Gasteiger partial charge in [-0.1, -0.05) is 42.5 Å². The number of amides is 1. The first-order valence-electron chi connectivity index (χ1n) is 12.1. The van der Waals surface area contributed by atoms with Gasteiger partial charge in [0, 0.05) is 33.4 Å². The molecule has 0 radical (unpaired) electrons. The largest absolute Gasteiger partial charge is 0.486 e. The number of nitrogens with zero attached hydrogens (tertiary/aromatic N) is 2. The van der Waals surface area contributed by atoms with Crippen LogP contribution >= 0.6 is 0 Å². The molecule has 0 spiro atoms. The summed E-state index contributed by atoms with van der Waals surface area (Å²) < 4.78 is 50.0. The first-order chi connectivity index (χ1) is 17.4. The van der Waals surface area contributed by atoms with Crippen LogP contribution < -0.4 is 4.74 Å². The fourth-order valence-electron chi connectivity index (χ4n) is 4.51. The van der Waals surface area contributed by atoms with Crippen LogP contribution in [0.25, 0.3) is 0 Å². The molecule has 1 amide bonds. The Labute approximate surface area is 212 Å². The highest BCUT2D eigenvalue weighted by Gasteiger charge is 2.38. The van der Waals surface area contributed by atoms with Crippen molar-refractivity contribution in [1.82, 2.24) is 9.21 Å². The SMILES string of the molecule is CO[C@H]1CN(C(=O)OCc2ccccc2)C[C@@H]1Oc1cccc(CS(=O)(=O)N(C)C2CCOCC2)c1. The van der Waals surface area contributed by atoms with Crippen LogP contribution in [-0.4, -0.2) is 82.4 Å². The van der Waals surface area contributed by atoms with Crippen molar-refractivity contribution in [1.29, 1.82) is 0 Å². The molecule has 0 bridgehead atoms. The number of carbonyl (C=O) groups excluding carboxylic acids is 1. The van der Waals surface area contributed by atoms with Crippen molar-refractivity contribution in [3.05, 3.63) is 65.7 Å². The van der Waals surface area contributed by atoms with E-state index in [0.29, 0.717) is 50.5 Å². The Bertz CT molecular complexity index is 1110. The number of carbonyl (C=O) groups is 1. The standard InChI is InChI=1S/C26H34N2O7S/c1-27(22-11-13-33-14-12-22)36(30,31)19-21-9-6-10-23(15-21)35-25-17-28(16-24(25)32-2)26(29)34-18-20-7-4-3-5-8-20/h3-10,15,22,24-25H,11-14,16-19H2,1-2H3/t24-,25-/m0/s1. The third kappa shape index (κ3) is 6.76. The number of hydrogen-bond donors (Lipinski definition) is 0. The number of methoxy groups -OCH3 is 1. The first-order valence-corrected chi connectivity index (χ1v) is 13.7. The van der Waals surface area contributed by atoms with E-state index in [1.807, 2.05) is 30.3 Å². The highest BCUT2D eigenvalue weighted by atomic mass is 32.2. The second-order valence-electron chi connectivity index (χ2n) is 9.14. The summed E-state index contributed by atoms with van der Waals surface area (Å²) in [7, 11) is -0.277. The van der Waals surface area contributed by atoms with Gasteiger partial charge in [-0.2, -0.15) is 0 Å². The molecule has 2 atom stereocenters. The molecule has 2 aromatic rings. The summed E-state index contributed by atoms with van der Waals surface area (Å²) in [5.41, 5.74) is 1.55. The number of ether oxygens (including phenoxy) is 4. The molecule has 2 saturated heterocycles. The van der Waals surface area contributed by atoms with Gasteiger partial charge in [0.1, 0.15) is 24.6 Å². The molecule has 2 heterocycles. The Hall–Kier alpha value is -2.66.